The van der Waals surface area contributed by atoms with Crippen LogP contribution in [0, 0.1) is 11.8 Å². The molecule has 3 heteroatoms. The Morgan fingerprint density at radius 2 is 1.39 bits per heavy atom. The van der Waals surface area contributed by atoms with Gasteiger partial charge in [-0.25, -0.2) is 0 Å². The average Bonchev–Trinajstić information content (AvgIpc) is 2.87. The van der Waals surface area contributed by atoms with Crippen LogP contribution in [0.3, 0.4) is 0 Å². The first-order valence-corrected chi connectivity index (χ1v) is 13.8. The van der Waals surface area contributed by atoms with Crippen LogP contribution in [-0.4, -0.2) is 16.6 Å². The summed E-state index contributed by atoms with van der Waals surface area (Å²) in [5, 5.41) is 0. The van der Waals surface area contributed by atoms with E-state index in [0.717, 1.165) is 47.6 Å². The Labute approximate surface area is 202 Å². The highest BCUT2D eigenvalue weighted by Gasteiger charge is 2.20. The summed E-state index contributed by atoms with van der Waals surface area (Å²) >= 11 is 0. The van der Waals surface area contributed by atoms with Crippen LogP contribution < -0.4 is 4.74 Å². The zero-order valence-corrected chi connectivity index (χ0v) is 21.2. The molecule has 0 radical (unpaired) electrons. The third-order valence-corrected chi connectivity index (χ3v) is 7.35. The zero-order chi connectivity index (χ0) is 23.1. The van der Waals surface area contributed by atoms with E-state index in [1.165, 1.54) is 89.9 Å². The van der Waals surface area contributed by atoms with Gasteiger partial charge in [0, 0.05) is 11.8 Å². The minimum absolute atomic E-state index is 0.822. The van der Waals surface area contributed by atoms with Crippen LogP contribution in [-0.2, 0) is 6.42 Å². The predicted molar refractivity (Wildman–Crippen MR) is 140 cm³/mol. The van der Waals surface area contributed by atoms with Crippen molar-refractivity contribution < 1.29 is 4.74 Å². The van der Waals surface area contributed by atoms with Gasteiger partial charge in [-0.05, 0) is 61.8 Å². The minimum atomic E-state index is 0.822. The van der Waals surface area contributed by atoms with E-state index in [-0.39, 0.29) is 0 Å². The molecule has 33 heavy (non-hydrogen) atoms. The van der Waals surface area contributed by atoms with E-state index in [4.69, 9.17) is 4.74 Å². The zero-order valence-electron chi connectivity index (χ0n) is 21.2. The summed E-state index contributed by atoms with van der Waals surface area (Å²) in [5.41, 5.74) is 3.11. The molecule has 1 fully saturated rings. The number of aromatic nitrogens is 2. The largest absolute Gasteiger partial charge is 0.494 e. The average molecular weight is 451 g/mol. The van der Waals surface area contributed by atoms with E-state index >= 15 is 0 Å². The minimum Gasteiger partial charge on any atom is -0.494 e. The number of aryl methyl sites for hydroxylation is 1. The van der Waals surface area contributed by atoms with Crippen molar-refractivity contribution in [3.05, 3.63) is 42.4 Å². The fraction of sp³-hybridized carbons (Fsp3) is 0.667. The number of hydrogen-bond donors (Lipinski definition) is 0. The van der Waals surface area contributed by atoms with E-state index in [1.54, 1.807) is 0 Å². The molecule has 3 rings (SSSR count). The van der Waals surface area contributed by atoms with E-state index in [1.807, 2.05) is 12.4 Å². The highest BCUT2D eigenvalue weighted by atomic mass is 16.5. The fourth-order valence-electron chi connectivity index (χ4n) is 5.12. The first kappa shape index (κ1) is 25.7. The van der Waals surface area contributed by atoms with Crippen LogP contribution in [0.5, 0.6) is 5.75 Å². The van der Waals surface area contributed by atoms with Crippen LogP contribution in [0.25, 0.3) is 11.3 Å². The third kappa shape index (κ3) is 9.47. The number of ether oxygens (including phenoxy) is 1. The molecule has 2 aromatic rings. The standard InChI is InChI=1S/C30H46N2O/c1-3-5-7-8-9-11-25-14-16-26(17-15-25)12-10-22-33-29-20-18-27(19-21-29)30-24-31-28(23-32-30)13-6-4-2/h18-21,23-26H,3-17,22H2,1-2H3/t25-,26-. The van der Waals surface area contributed by atoms with E-state index in [0.29, 0.717) is 0 Å². The number of unbranched alkanes of at least 4 members (excludes halogenated alkanes) is 5. The SMILES string of the molecule is CCCCCCC[C@H]1CC[C@H](CCCOc2ccc(-c3cnc(CCCC)cn3)cc2)CC1. The summed E-state index contributed by atoms with van der Waals surface area (Å²) in [6.45, 7) is 5.32. The monoisotopic (exact) mass is 450 g/mol. The van der Waals surface area contributed by atoms with Gasteiger partial charge < -0.3 is 4.74 Å². The fourth-order valence-corrected chi connectivity index (χ4v) is 5.12. The molecule has 1 aromatic heterocycles. The molecule has 0 aliphatic heterocycles. The lowest BCUT2D eigenvalue weighted by molar-refractivity contribution is 0.228. The Bertz CT molecular complexity index is 748. The molecule has 1 heterocycles. The molecule has 0 N–H and O–H groups in total. The Balaban J connectivity index is 1.28. The molecule has 1 saturated carbocycles. The second-order valence-corrected chi connectivity index (χ2v) is 10.1. The Kier molecular flexibility index (Phi) is 11.8. The van der Waals surface area contributed by atoms with Gasteiger partial charge in [-0.15, -0.1) is 0 Å². The van der Waals surface area contributed by atoms with Crippen LogP contribution >= 0.6 is 0 Å². The van der Waals surface area contributed by atoms with Gasteiger partial charge in [-0.1, -0.05) is 84.5 Å². The van der Waals surface area contributed by atoms with Gasteiger partial charge in [0.2, 0.25) is 0 Å². The first-order chi connectivity index (χ1) is 16.3. The number of hydrogen-bond acceptors (Lipinski definition) is 3. The summed E-state index contributed by atoms with van der Waals surface area (Å²) in [6, 6.07) is 8.31. The summed E-state index contributed by atoms with van der Waals surface area (Å²) in [5.74, 6) is 2.89. The van der Waals surface area contributed by atoms with Crippen LogP contribution in [0.2, 0.25) is 0 Å². The lowest BCUT2D eigenvalue weighted by Crippen LogP contribution is -2.15. The van der Waals surface area contributed by atoms with Crippen molar-refractivity contribution in [2.75, 3.05) is 6.61 Å². The quantitative estimate of drug-likeness (QED) is 0.254. The summed E-state index contributed by atoms with van der Waals surface area (Å²) in [7, 11) is 0. The maximum atomic E-state index is 6.02. The maximum absolute atomic E-state index is 6.02. The van der Waals surface area contributed by atoms with Crippen LogP contribution in [0.4, 0.5) is 0 Å². The highest BCUT2D eigenvalue weighted by molar-refractivity contribution is 5.58. The smallest absolute Gasteiger partial charge is 0.119 e. The molecule has 0 amide bonds. The molecular weight excluding hydrogens is 404 g/mol. The molecular formula is C30H46N2O. The van der Waals surface area contributed by atoms with Crippen LogP contribution in [0.15, 0.2) is 36.7 Å². The molecule has 0 unspecified atom stereocenters. The lowest BCUT2D eigenvalue weighted by atomic mass is 9.78. The topological polar surface area (TPSA) is 35.0 Å². The van der Waals surface area contributed by atoms with Crippen molar-refractivity contribution in [2.24, 2.45) is 11.8 Å². The number of nitrogens with zero attached hydrogens (tertiary/aromatic N) is 2. The van der Waals surface area contributed by atoms with Crippen molar-refractivity contribution in [2.45, 2.75) is 110 Å². The first-order valence-electron chi connectivity index (χ1n) is 13.8. The summed E-state index contributed by atoms with van der Waals surface area (Å²) < 4.78 is 6.02. The van der Waals surface area contributed by atoms with Crippen molar-refractivity contribution in [3.8, 4) is 17.0 Å². The van der Waals surface area contributed by atoms with Gasteiger partial charge in [0.1, 0.15) is 5.75 Å². The molecule has 0 atom stereocenters. The van der Waals surface area contributed by atoms with E-state index < -0.39 is 0 Å². The Morgan fingerprint density at radius 1 is 0.727 bits per heavy atom. The predicted octanol–water partition coefficient (Wildman–Crippen LogP) is 8.81. The second kappa shape index (κ2) is 15.1. The molecule has 182 valence electrons. The van der Waals surface area contributed by atoms with Crippen LogP contribution in [0.1, 0.15) is 109 Å². The number of rotatable bonds is 15. The summed E-state index contributed by atoms with van der Waals surface area (Å²) in [6.07, 6.45) is 24.0. The summed E-state index contributed by atoms with van der Waals surface area (Å²) in [4.78, 5) is 9.14. The third-order valence-electron chi connectivity index (χ3n) is 7.35. The Morgan fingerprint density at radius 3 is 2.03 bits per heavy atom. The maximum Gasteiger partial charge on any atom is 0.119 e. The normalized spacial score (nSPS) is 18.4. The lowest BCUT2D eigenvalue weighted by Gasteiger charge is -2.28. The van der Waals surface area contributed by atoms with Gasteiger partial charge in [-0.2, -0.15) is 0 Å². The van der Waals surface area contributed by atoms with Gasteiger partial charge in [-0.3, -0.25) is 9.97 Å². The number of benzene rings is 1. The van der Waals surface area contributed by atoms with Crippen molar-refractivity contribution in [3.63, 3.8) is 0 Å². The second-order valence-electron chi connectivity index (χ2n) is 10.1. The van der Waals surface area contributed by atoms with Crippen molar-refractivity contribution >= 4 is 0 Å². The van der Waals surface area contributed by atoms with Crippen molar-refractivity contribution in [1.29, 1.82) is 0 Å². The molecule has 0 bridgehead atoms. The molecule has 3 nitrogen and oxygen atoms in total. The molecule has 0 spiro atoms. The molecule has 0 saturated heterocycles. The molecule has 1 aromatic carbocycles. The Hall–Kier alpha value is -1.90. The molecule has 1 aliphatic carbocycles. The van der Waals surface area contributed by atoms with Gasteiger partial charge in [0.25, 0.3) is 0 Å². The van der Waals surface area contributed by atoms with Crippen molar-refractivity contribution in [1.82, 2.24) is 9.97 Å². The van der Waals surface area contributed by atoms with Gasteiger partial charge >= 0.3 is 0 Å². The van der Waals surface area contributed by atoms with Gasteiger partial charge in [0.05, 0.1) is 24.2 Å². The van der Waals surface area contributed by atoms with E-state index in [2.05, 4.69) is 48.1 Å². The molecule has 1 aliphatic rings. The van der Waals surface area contributed by atoms with E-state index in [9.17, 15) is 0 Å². The van der Waals surface area contributed by atoms with Gasteiger partial charge in [0.15, 0.2) is 0 Å². The highest BCUT2D eigenvalue weighted by Crippen LogP contribution is 2.34.